The maximum Gasteiger partial charge on any atom is 0.129 e. The van der Waals surface area contributed by atoms with Crippen LogP contribution in [0.25, 0.3) is 11.6 Å². The van der Waals surface area contributed by atoms with Crippen LogP contribution in [0, 0.1) is 17.1 Å². The molecule has 0 amide bonds. The molecule has 4 heteroatoms. The van der Waals surface area contributed by atoms with Crippen LogP contribution in [0.4, 0.5) is 4.39 Å². The molecular weight excluding hydrogens is 349 g/mol. The maximum atomic E-state index is 13.7. The highest BCUT2D eigenvalue weighted by molar-refractivity contribution is 6.32. The van der Waals surface area contributed by atoms with E-state index in [4.69, 9.17) is 16.3 Å². The van der Waals surface area contributed by atoms with Gasteiger partial charge in [0.05, 0.1) is 11.6 Å². The molecule has 3 aromatic rings. The van der Waals surface area contributed by atoms with Gasteiger partial charge in [-0.15, -0.1) is 0 Å². The molecule has 2 nitrogen and oxygen atoms in total. The molecule has 0 aliphatic rings. The molecule has 26 heavy (non-hydrogen) atoms. The minimum absolute atomic E-state index is 0.134. The van der Waals surface area contributed by atoms with Crippen LogP contribution < -0.4 is 4.74 Å². The summed E-state index contributed by atoms with van der Waals surface area (Å²) in [5.74, 6) is 0.299. The van der Waals surface area contributed by atoms with Crippen LogP contribution in [0.3, 0.4) is 0 Å². The number of nitriles is 1. The van der Waals surface area contributed by atoms with Gasteiger partial charge in [0.2, 0.25) is 0 Å². The minimum atomic E-state index is -0.297. The molecule has 0 bridgehead atoms. The Labute approximate surface area is 156 Å². The lowest BCUT2D eigenvalue weighted by atomic mass is 10.0. The number of allylic oxidation sites excluding steroid dienone is 1. The smallest absolute Gasteiger partial charge is 0.129 e. The van der Waals surface area contributed by atoms with Crippen molar-refractivity contribution >= 4 is 23.3 Å². The molecule has 0 spiro atoms. The lowest BCUT2D eigenvalue weighted by Gasteiger charge is -2.08. The normalized spacial score (nSPS) is 11.0. The number of rotatable bonds is 5. The first-order valence-corrected chi connectivity index (χ1v) is 8.38. The Balaban J connectivity index is 1.82. The molecule has 0 atom stereocenters. The van der Waals surface area contributed by atoms with E-state index in [1.54, 1.807) is 48.5 Å². The predicted octanol–water partition coefficient (Wildman–Crippen LogP) is 6.12. The molecule has 0 aromatic heterocycles. The quantitative estimate of drug-likeness (QED) is 0.404. The largest absolute Gasteiger partial charge is 0.489 e. The first kappa shape index (κ1) is 17.7. The number of halogens is 2. The molecule has 3 aromatic carbocycles. The third-order valence-electron chi connectivity index (χ3n) is 3.81. The average molecular weight is 364 g/mol. The van der Waals surface area contributed by atoms with Gasteiger partial charge in [-0.05, 0) is 35.9 Å². The van der Waals surface area contributed by atoms with Crippen LogP contribution in [0.2, 0.25) is 5.02 Å². The van der Waals surface area contributed by atoms with Crippen molar-refractivity contribution in [3.8, 4) is 11.8 Å². The Kier molecular flexibility index (Phi) is 5.68. The molecule has 3 rings (SSSR count). The summed E-state index contributed by atoms with van der Waals surface area (Å²) in [5, 5.41) is 9.99. The van der Waals surface area contributed by atoms with Crippen LogP contribution in [0.1, 0.15) is 16.7 Å². The second-order valence-electron chi connectivity index (χ2n) is 5.60. The molecule has 128 valence electrons. The number of hydrogen-bond donors (Lipinski definition) is 0. The summed E-state index contributed by atoms with van der Waals surface area (Å²) in [6.45, 7) is 0.134. The topological polar surface area (TPSA) is 33.0 Å². The van der Waals surface area contributed by atoms with Crippen molar-refractivity contribution in [2.75, 3.05) is 0 Å². The van der Waals surface area contributed by atoms with E-state index >= 15 is 0 Å². The predicted molar refractivity (Wildman–Crippen MR) is 102 cm³/mol. The zero-order valence-electron chi connectivity index (χ0n) is 13.8. The van der Waals surface area contributed by atoms with E-state index in [-0.39, 0.29) is 12.4 Å². The highest BCUT2D eigenvalue weighted by atomic mass is 35.5. The molecule has 0 unspecified atom stereocenters. The summed E-state index contributed by atoms with van der Waals surface area (Å²) < 4.78 is 19.4. The molecule has 0 saturated carbocycles. The average Bonchev–Trinajstić information content (AvgIpc) is 2.66. The van der Waals surface area contributed by atoms with E-state index in [0.29, 0.717) is 27.5 Å². The summed E-state index contributed by atoms with van der Waals surface area (Å²) in [5.41, 5.74) is 2.42. The first-order chi connectivity index (χ1) is 12.7. The first-order valence-electron chi connectivity index (χ1n) is 8.00. The van der Waals surface area contributed by atoms with Crippen molar-refractivity contribution in [2.45, 2.75) is 6.61 Å². The van der Waals surface area contributed by atoms with Gasteiger partial charge in [-0.3, -0.25) is 0 Å². The zero-order chi connectivity index (χ0) is 18.4. The number of hydrogen-bond acceptors (Lipinski definition) is 2. The Hall–Kier alpha value is -3.09. The fourth-order valence-electron chi connectivity index (χ4n) is 2.49. The lowest BCUT2D eigenvalue weighted by molar-refractivity contribution is 0.300. The van der Waals surface area contributed by atoms with Gasteiger partial charge in [0, 0.05) is 16.1 Å². The summed E-state index contributed by atoms with van der Waals surface area (Å²) >= 11 is 6.18. The summed E-state index contributed by atoms with van der Waals surface area (Å²) in [6, 6.07) is 23.2. The molecule has 0 aliphatic heterocycles. The molecule has 0 fully saturated rings. The zero-order valence-corrected chi connectivity index (χ0v) is 14.6. The maximum absolute atomic E-state index is 13.7. The van der Waals surface area contributed by atoms with E-state index in [9.17, 15) is 9.65 Å². The van der Waals surface area contributed by atoms with E-state index in [1.807, 2.05) is 24.3 Å². The Morgan fingerprint density at radius 1 is 1.04 bits per heavy atom. The van der Waals surface area contributed by atoms with Crippen molar-refractivity contribution in [1.29, 1.82) is 5.26 Å². The Bertz CT molecular complexity index is 991. The van der Waals surface area contributed by atoms with Gasteiger partial charge < -0.3 is 4.74 Å². The standard InChI is InChI=1S/C22H15ClFNO/c23-21-10-3-2-9-20(21)18(14-25)12-16-6-5-8-19(13-16)26-15-17-7-1-4-11-22(17)24/h1-13H,15H2. The Morgan fingerprint density at radius 2 is 1.81 bits per heavy atom. The van der Waals surface area contributed by atoms with Gasteiger partial charge in [0.25, 0.3) is 0 Å². The molecule has 0 radical (unpaired) electrons. The van der Waals surface area contributed by atoms with Gasteiger partial charge in [-0.1, -0.05) is 60.1 Å². The van der Waals surface area contributed by atoms with Crippen molar-refractivity contribution in [2.24, 2.45) is 0 Å². The number of ether oxygens (including phenoxy) is 1. The van der Waals surface area contributed by atoms with E-state index in [2.05, 4.69) is 6.07 Å². The summed E-state index contributed by atoms with van der Waals surface area (Å²) in [6.07, 6.45) is 1.75. The summed E-state index contributed by atoms with van der Waals surface area (Å²) in [7, 11) is 0. The van der Waals surface area contributed by atoms with Crippen LogP contribution in [0.5, 0.6) is 5.75 Å². The number of benzene rings is 3. The van der Waals surface area contributed by atoms with Gasteiger partial charge in [-0.2, -0.15) is 5.26 Å². The van der Waals surface area contributed by atoms with Crippen molar-refractivity contribution in [1.82, 2.24) is 0 Å². The van der Waals surface area contributed by atoms with Crippen LogP contribution in [-0.4, -0.2) is 0 Å². The van der Waals surface area contributed by atoms with Crippen molar-refractivity contribution in [3.05, 3.63) is 100 Å². The van der Waals surface area contributed by atoms with E-state index in [1.165, 1.54) is 6.07 Å². The molecule has 0 saturated heterocycles. The fraction of sp³-hybridized carbons (Fsp3) is 0.0455. The molecular formula is C22H15ClFNO. The van der Waals surface area contributed by atoms with Crippen LogP contribution in [0.15, 0.2) is 72.8 Å². The van der Waals surface area contributed by atoms with Crippen molar-refractivity contribution in [3.63, 3.8) is 0 Å². The fourth-order valence-corrected chi connectivity index (χ4v) is 2.72. The second-order valence-corrected chi connectivity index (χ2v) is 6.01. The van der Waals surface area contributed by atoms with Crippen LogP contribution in [-0.2, 0) is 6.61 Å². The third kappa shape index (κ3) is 4.30. The van der Waals surface area contributed by atoms with E-state index < -0.39 is 0 Å². The van der Waals surface area contributed by atoms with Gasteiger partial charge >= 0.3 is 0 Å². The van der Waals surface area contributed by atoms with Crippen molar-refractivity contribution < 1.29 is 9.13 Å². The number of nitrogens with zero attached hydrogens (tertiary/aromatic N) is 1. The highest BCUT2D eigenvalue weighted by Crippen LogP contribution is 2.26. The molecule has 0 N–H and O–H groups in total. The summed E-state index contributed by atoms with van der Waals surface area (Å²) in [4.78, 5) is 0. The van der Waals surface area contributed by atoms with Gasteiger partial charge in [0.1, 0.15) is 18.2 Å². The van der Waals surface area contributed by atoms with Gasteiger partial charge in [-0.25, -0.2) is 4.39 Å². The minimum Gasteiger partial charge on any atom is -0.489 e. The second kappa shape index (κ2) is 8.33. The third-order valence-corrected chi connectivity index (χ3v) is 4.14. The monoisotopic (exact) mass is 363 g/mol. The van der Waals surface area contributed by atoms with Crippen LogP contribution >= 0.6 is 11.6 Å². The highest BCUT2D eigenvalue weighted by Gasteiger charge is 2.06. The SMILES string of the molecule is N#CC(=Cc1cccc(OCc2ccccc2F)c1)c1ccccc1Cl. The molecule has 0 aliphatic carbocycles. The molecule has 0 heterocycles. The lowest BCUT2D eigenvalue weighted by Crippen LogP contribution is -1.98. The van der Waals surface area contributed by atoms with Gasteiger partial charge in [0.15, 0.2) is 0 Å². The Morgan fingerprint density at radius 3 is 2.58 bits per heavy atom. The van der Waals surface area contributed by atoms with E-state index in [0.717, 1.165) is 5.56 Å².